The highest BCUT2D eigenvalue weighted by molar-refractivity contribution is 5.77. The molecule has 0 unspecified atom stereocenters. The quantitative estimate of drug-likeness (QED) is 0.293. The summed E-state index contributed by atoms with van der Waals surface area (Å²) in [6.45, 7) is -1.63. The molecule has 0 aliphatic carbocycles. The Morgan fingerprint density at radius 2 is 2.00 bits per heavy atom. The highest BCUT2D eigenvalue weighted by Crippen LogP contribution is 2.11. The maximum absolute atomic E-state index is 11.4. The Balaban J connectivity index is 3.35. The average molecular weight is 171 g/mol. The zero-order chi connectivity index (χ0) is 8.91. The van der Waals surface area contributed by atoms with Crippen LogP contribution >= 0.6 is 0 Å². The van der Waals surface area contributed by atoms with Gasteiger partial charge in [-0.15, -0.1) is 0 Å². The van der Waals surface area contributed by atoms with E-state index in [1.807, 2.05) is 5.32 Å². The zero-order valence-electron chi connectivity index (χ0n) is 5.53. The molecule has 0 aromatic rings. The van der Waals surface area contributed by atoms with Crippen molar-refractivity contribution in [3.05, 3.63) is 0 Å². The predicted octanol–water partition coefficient (Wildman–Crippen LogP) is -0.872. The van der Waals surface area contributed by atoms with Crippen molar-refractivity contribution in [2.45, 2.75) is 6.18 Å². The Labute approximate surface area is 60.9 Å². The van der Waals surface area contributed by atoms with Gasteiger partial charge in [0.25, 0.3) is 0 Å². The Kier molecular flexibility index (Phi) is 3.83. The van der Waals surface area contributed by atoms with E-state index in [0.717, 1.165) is 0 Å². The van der Waals surface area contributed by atoms with Gasteiger partial charge in [0, 0.05) is 0 Å². The summed E-state index contributed by atoms with van der Waals surface area (Å²) in [6, 6.07) is 0. The fraction of sp³-hybridized carbons (Fsp3) is 0.750. The van der Waals surface area contributed by atoms with E-state index in [1.54, 1.807) is 5.43 Å². The lowest BCUT2D eigenvalue weighted by Crippen LogP contribution is -2.40. The number of rotatable bonds is 3. The molecule has 7 heteroatoms. The second-order valence-corrected chi connectivity index (χ2v) is 1.79. The van der Waals surface area contributed by atoms with Gasteiger partial charge in [-0.1, -0.05) is 0 Å². The van der Waals surface area contributed by atoms with Crippen LogP contribution in [0.3, 0.4) is 0 Å². The molecular formula is C4H8F3N3O. The van der Waals surface area contributed by atoms with E-state index < -0.39 is 25.2 Å². The minimum atomic E-state index is -4.30. The van der Waals surface area contributed by atoms with Gasteiger partial charge in [-0.2, -0.15) is 13.2 Å². The maximum atomic E-state index is 11.4. The summed E-state index contributed by atoms with van der Waals surface area (Å²) < 4.78 is 34.2. The van der Waals surface area contributed by atoms with Crippen molar-refractivity contribution in [2.75, 3.05) is 13.1 Å². The molecule has 0 aromatic carbocycles. The van der Waals surface area contributed by atoms with Crippen molar-refractivity contribution in [3.63, 3.8) is 0 Å². The van der Waals surface area contributed by atoms with Crippen LogP contribution in [0.1, 0.15) is 0 Å². The summed E-state index contributed by atoms with van der Waals surface area (Å²) >= 11 is 0. The first-order valence-corrected chi connectivity index (χ1v) is 2.72. The average Bonchev–Trinajstić information content (AvgIpc) is 1.85. The highest BCUT2D eigenvalue weighted by atomic mass is 19.4. The maximum Gasteiger partial charge on any atom is 0.401 e. The molecule has 0 fully saturated rings. The molecule has 0 aliphatic heterocycles. The first kappa shape index (κ1) is 10.2. The van der Waals surface area contributed by atoms with Gasteiger partial charge in [0.05, 0.1) is 13.1 Å². The van der Waals surface area contributed by atoms with Gasteiger partial charge in [-0.25, -0.2) is 5.84 Å². The predicted molar refractivity (Wildman–Crippen MR) is 31.3 cm³/mol. The topological polar surface area (TPSA) is 67.1 Å². The Morgan fingerprint density at radius 3 is 2.36 bits per heavy atom. The Hall–Kier alpha value is -0.820. The second-order valence-electron chi connectivity index (χ2n) is 1.79. The fourth-order valence-electron chi connectivity index (χ4n) is 0.369. The van der Waals surface area contributed by atoms with Crippen LogP contribution in [-0.2, 0) is 4.79 Å². The van der Waals surface area contributed by atoms with Crippen molar-refractivity contribution >= 4 is 5.91 Å². The van der Waals surface area contributed by atoms with E-state index in [0.29, 0.717) is 0 Å². The van der Waals surface area contributed by atoms with E-state index in [2.05, 4.69) is 5.84 Å². The monoisotopic (exact) mass is 171 g/mol. The van der Waals surface area contributed by atoms with Gasteiger partial charge in [0.15, 0.2) is 0 Å². The van der Waals surface area contributed by atoms with Crippen LogP contribution in [0.5, 0.6) is 0 Å². The van der Waals surface area contributed by atoms with Gasteiger partial charge >= 0.3 is 6.18 Å². The Bertz CT molecular complexity index is 135. The van der Waals surface area contributed by atoms with Gasteiger partial charge in [-0.05, 0) is 0 Å². The molecule has 0 atom stereocenters. The number of carbonyl (C=O) groups excluding carboxylic acids is 1. The van der Waals surface area contributed by atoms with Gasteiger partial charge < -0.3 is 5.32 Å². The number of alkyl halides is 3. The molecule has 0 aromatic heterocycles. The van der Waals surface area contributed by atoms with Crippen LogP contribution in [0.2, 0.25) is 0 Å². The molecule has 1 amide bonds. The number of hydrogen-bond acceptors (Lipinski definition) is 3. The van der Waals surface area contributed by atoms with E-state index in [-0.39, 0.29) is 0 Å². The molecule has 66 valence electrons. The van der Waals surface area contributed by atoms with Crippen molar-refractivity contribution < 1.29 is 18.0 Å². The summed E-state index contributed by atoms with van der Waals surface area (Å²) in [5.74, 6) is 3.92. The minimum Gasteiger partial charge on any atom is -0.300 e. The van der Waals surface area contributed by atoms with Crippen molar-refractivity contribution in [1.82, 2.24) is 10.7 Å². The molecule has 0 aliphatic rings. The smallest absolute Gasteiger partial charge is 0.300 e. The molecule has 0 saturated heterocycles. The number of nitrogens with one attached hydrogen (secondary N) is 2. The van der Waals surface area contributed by atoms with Crippen molar-refractivity contribution in [2.24, 2.45) is 5.84 Å². The molecule has 11 heavy (non-hydrogen) atoms. The van der Waals surface area contributed by atoms with E-state index >= 15 is 0 Å². The van der Waals surface area contributed by atoms with Crippen molar-refractivity contribution in [1.29, 1.82) is 0 Å². The highest BCUT2D eigenvalue weighted by Gasteiger charge is 2.26. The fourth-order valence-corrected chi connectivity index (χ4v) is 0.369. The van der Waals surface area contributed by atoms with Gasteiger partial charge in [0.1, 0.15) is 0 Å². The summed E-state index contributed by atoms with van der Waals surface area (Å²) in [5, 5.41) is 1.86. The molecule has 0 spiro atoms. The van der Waals surface area contributed by atoms with E-state index in [9.17, 15) is 18.0 Å². The molecular weight excluding hydrogens is 163 g/mol. The van der Waals surface area contributed by atoms with Gasteiger partial charge in [-0.3, -0.25) is 10.2 Å². The molecule has 0 bridgehead atoms. The second kappa shape index (κ2) is 4.14. The third-order valence-corrected chi connectivity index (χ3v) is 0.772. The molecule has 0 saturated carbocycles. The third kappa shape index (κ3) is 7.07. The van der Waals surface area contributed by atoms with E-state index in [4.69, 9.17) is 0 Å². The summed E-state index contributed by atoms with van der Waals surface area (Å²) in [4.78, 5) is 10.2. The molecule has 0 radical (unpaired) electrons. The van der Waals surface area contributed by atoms with Crippen LogP contribution in [0.4, 0.5) is 13.2 Å². The largest absolute Gasteiger partial charge is 0.401 e. The van der Waals surface area contributed by atoms with Crippen LogP contribution in [0, 0.1) is 0 Å². The standard InChI is InChI=1S/C4H8F3N3O/c5-4(6,7)2-9-1-3(11)10-8/h9H,1-2,8H2,(H,10,11). The molecule has 4 nitrogen and oxygen atoms in total. The normalized spacial score (nSPS) is 11.3. The lowest BCUT2D eigenvalue weighted by Gasteiger charge is -2.06. The van der Waals surface area contributed by atoms with Crippen molar-refractivity contribution in [3.8, 4) is 0 Å². The SMILES string of the molecule is NNC(=O)CNCC(F)(F)F. The molecule has 4 N–H and O–H groups in total. The van der Waals surface area contributed by atoms with Gasteiger partial charge in [0.2, 0.25) is 5.91 Å². The summed E-state index contributed by atoms with van der Waals surface area (Å²) in [6.07, 6.45) is -4.30. The molecule has 0 rings (SSSR count). The van der Waals surface area contributed by atoms with Crippen LogP contribution in [0.25, 0.3) is 0 Å². The number of carbonyl (C=O) groups is 1. The number of amides is 1. The zero-order valence-corrected chi connectivity index (χ0v) is 5.53. The van der Waals surface area contributed by atoms with Crippen LogP contribution in [0.15, 0.2) is 0 Å². The summed E-state index contributed by atoms with van der Waals surface area (Å²) in [7, 11) is 0. The Morgan fingerprint density at radius 1 is 1.45 bits per heavy atom. The lowest BCUT2D eigenvalue weighted by atomic mass is 10.5. The number of hydrazine groups is 1. The minimum absolute atomic E-state index is 0.435. The van der Waals surface area contributed by atoms with E-state index in [1.165, 1.54) is 0 Å². The summed E-state index contributed by atoms with van der Waals surface area (Å²) in [5.41, 5.74) is 1.68. The molecule has 0 heterocycles. The number of nitrogens with two attached hydrogens (primary N) is 1. The van der Waals surface area contributed by atoms with Crippen LogP contribution < -0.4 is 16.6 Å². The number of hydrogen-bond donors (Lipinski definition) is 3. The first-order valence-electron chi connectivity index (χ1n) is 2.72. The lowest BCUT2D eigenvalue weighted by molar-refractivity contribution is -0.128. The number of halogens is 3. The first-order chi connectivity index (χ1) is 4.95. The van der Waals surface area contributed by atoms with Crippen LogP contribution in [-0.4, -0.2) is 25.2 Å². The third-order valence-electron chi connectivity index (χ3n) is 0.772.